The fourth-order valence-electron chi connectivity index (χ4n) is 4.19. The van der Waals surface area contributed by atoms with Crippen LogP contribution < -0.4 is 0 Å². The molecule has 1 aromatic heterocycles. The molecule has 0 N–H and O–H groups in total. The van der Waals surface area contributed by atoms with Crippen LogP contribution in [0.2, 0.25) is 0 Å². The van der Waals surface area contributed by atoms with Crippen LogP contribution in [0.5, 0.6) is 0 Å². The van der Waals surface area contributed by atoms with Crippen LogP contribution in [0.4, 0.5) is 5.69 Å². The van der Waals surface area contributed by atoms with Gasteiger partial charge in [0.15, 0.2) is 0 Å². The van der Waals surface area contributed by atoms with Crippen molar-refractivity contribution in [1.82, 2.24) is 4.90 Å². The average Bonchev–Trinajstić information content (AvgIpc) is 3.54. The van der Waals surface area contributed by atoms with Gasteiger partial charge in [-0.1, -0.05) is 42.5 Å². The molecule has 8 nitrogen and oxygen atoms in total. The molecule has 0 saturated heterocycles. The van der Waals surface area contributed by atoms with Crippen molar-refractivity contribution in [3.05, 3.63) is 135 Å². The lowest BCUT2D eigenvalue weighted by atomic mass is 10.1. The van der Waals surface area contributed by atoms with Gasteiger partial charge in [-0.3, -0.25) is 14.9 Å². The van der Waals surface area contributed by atoms with Gasteiger partial charge in [-0.2, -0.15) is 0 Å². The van der Waals surface area contributed by atoms with Gasteiger partial charge in [-0.05, 0) is 59.7 Å². The molecule has 1 aliphatic heterocycles. The van der Waals surface area contributed by atoms with E-state index >= 15 is 0 Å². The molecule has 0 spiro atoms. The van der Waals surface area contributed by atoms with Crippen LogP contribution >= 0.6 is 0 Å². The maximum atomic E-state index is 13.5. The highest BCUT2D eigenvalue weighted by Crippen LogP contribution is 2.33. The van der Waals surface area contributed by atoms with Crippen LogP contribution in [-0.4, -0.2) is 28.8 Å². The van der Waals surface area contributed by atoms with Crippen LogP contribution in [0.15, 0.2) is 107 Å². The van der Waals surface area contributed by atoms with E-state index < -0.39 is 10.9 Å². The van der Waals surface area contributed by atoms with Crippen LogP contribution in [0.25, 0.3) is 23.1 Å². The Hall–Kier alpha value is -5.24. The Morgan fingerprint density at radius 1 is 0.947 bits per heavy atom. The topological polar surface area (TPSA) is 103 Å². The van der Waals surface area contributed by atoms with Gasteiger partial charge in [0.25, 0.3) is 11.6 Å². The summed E-state index contributed by atoms with van der Waals surface area (Å²) in [7, 11) is 1.33. The number of esters is 1. The molecule has 0 fully saturated rings. The Bertz CT molecular complexity index is 1570. The highest BCUT2D eigenvalue weighted by molar-refractivity contribution is 6.10. The molecule has 5 rings (SSSR count). The molecule has 0 atom stereocenters. The number of non-ortho nitro benzene ring substituents is 1. The zero-order valence-electron chi connectivity index (χ0n) is 20.4. The van der Waals surface area contributed by atoms with Gasteiger partial charge in [-0.15, -0.1) is 0 Å². The standard InChI is InChI=1S/C30H22N2O6/c1-37-30(34)23-9-7-20(8-10-23)19-31-27(21-5-3-2-4-6-21)18-24(29(31)33)17-26-15-16-28(38-26)22-11-13-25(14-12-22)32(35)36/h2-18H,19H2,1H3/b24-17+. The van der Waals surface area contributed by atoms with E-state index in [1.807, 2.05) is 36.4 Å². The first-order valence-electron chi connectivity index (χ1n) is 11.8. The van der Waals surface area contributed by atoms with Gasteiger partial charge in [0.05, 0.1) is 29.8 Å². The zero-order chi connectivity index (χ0) is 26.6. The average molecular weight is 507 g/mol. The number of carbonyl (C=O) groups is 2. The number of ether oxygens (including phenoxy) is 1. The molecule has 8 heteroatoms. The molecule has 0 radical (unpaired) electrons. The van der Waals surface area contributed by atoms with Crippen molar-refractivity contribution in [2.75, 3.05) is 7.11 Å². The van der Waals surface area contributed by atoms with Crippen LogP contribution in [0, 0.1) is 10.1 Å². The smallest absolute Gasteiger partial charge is 0.337 e. The quantitative estimate of drug-likeness (QED) is 0.130. The molecule has 0 aliphatic carbocycles. The number of hydrogen-bond acceptors (Lipinski definition) is 6. The largest absolute Gasteiger partial charge is 0.465 e. The van der Waals surface area contributed by atoms with E-state index in [2.05, 4.69) is 0 Å². The molecule has 188 valence electrons. The maximum absolute atomic E-state index is 13.5. The van der Waals surface area contributed by atoms with E-state index in [-0.39, 0.29) is 11.6 Å². The molecular weight excluding hydrogens is 484 g/mol. The van der Waals surface area contributed by atoms with E-state index in [1.54, 1.807) is 59.5 Å². The fourth-order valence-corrected chi connectivity index (χ4v) is 4.19. The molecule has 0 saturated carbocycles. The minimum atomic E-state index is -0.455. The van der Waals surface area contributed by atoms with E-state index in [9.17, 15) is 19.7 Å². The van der Waals surface area contributed by atoms with Crippen LogP contribution in [0.3, 0.4) is 0 Å². The van der Waals surface area contributed by atoms with Gasteiger partial charge in [-0.25, -0.2) is 4.79 Å². The molecular formula is C30H22N2O6. The van der Waals surface area contributed by atoms with Crippen molar-refractivity contribution in [2.45, 2.75) is 6.54 Å². The molecule has 2 heterocycles. The molecule has 0 bridgehead atoms. The first kappa shape index (κ1) is 24.5. The third kappa shape index (κ3) is 5.01. The highest BCUT2D eigenvalue weighted by Gasteiger charge is 2.29. The second kappa shape index (κ2) is 10.4. The normalized spacial score (nSPS) is 14.0. The molecule has 3 aromatic carbocycles. The number of nitrogens with zero attached hydrogens (tertiary/aromatic N) is 2. The summed E-state index contributed by atoms with van der Waals surface area (Å²) in [4.78, 5) is 37.4. The van der Waals surface area contributed by atoms with E-state index in [0.717, 1.165) is 16.8 Å². The molecule has 38 heavy (non-hydrogen) atoms. The number of hydrogen-bond donors (Lipinski definition) is 0. The van der Waals surface area contributed by atoms with Crippen molar-refractivity contribution in [3.63, 3.8) is 0 Å². The predicted molar refractivity (Wildman–Crippen MR) is 142 cm³/mol. The number of benzene rings is 3. The summed E-state index contributed by atoms with van der Waals surface area (Å²) < 4.78 is 10.7. The minimum Gasteiger partial charge on any atom is -0.465 e. The molecule has 4 aromatic rings. The number of furan rings is 1. The van der Waals surface area contributed by atoms with E-state index in [4.69, 9.17) is 9.15 Å². The van der Waals surface area contributed by atoms with Gasteiger partial charge < -0.3 is 14.1 Å². The molecule has 1 aliphatic rings. The highest BCUT2D eigenvalue weighted by atomic mass is 16.6. The number of methoxy groups -OCH3 is 1. The first-order valence-corrected chi connectivity index (χ1v) is 11.8. The van der Waals surface area contributed by atoms with Crippen molar-refractivity contribution < 1.29 is 23.7 Å². The lowest BCUT2D eigenvalue weighted by molar-refractivity contribution is -0.384. The number of amides is 1. The number of nitro benzene ring substituents is 1. The second-order valence-corrected chi connectivity index (χ2v) is 8.58. The van der Waals surface area contributed by atoms with Crippen molar-refractivity contribution in [3.8, 4) is 11.3 Å². The van der Waals surface area contributed by atoms with E-state index in [1.165, 1.54) is 19.2 Å². The predicted octanol–water partition coefficient (Wildman–Crippen LogP) is 6.11. The maximum Gasteiger partial charge on any atom is 0.337 e. The lowest BCUT2D eigenvalue weighted by Crippen LogP contribution is -2.25. The number of rotatable bonds is 7. The summed E-state index contributed by atoms with van der Waals surface area (Å²) >= 11 is 0. The Labute approximate surface area is 218 Å². The Balaban J connectivity index is 1.43. The SMILES string of the molecule is COC(=O)c1ccc(CN2C(=O)/C(=C/c3ccc(-c4ccc([N+](=O)[O-])cc4)o3)C=C2c2ccccc2)cc1. The van der Waals surface area contributed by atoms with Crippen LogP contribution in [-0.2, 0) is 16.1 Å². The van der Waals surface area contributed by atoms with Gasteiger partial charge in [0, 0.05) is 23.3 Å². The lowest BCUT2D eigenvalue weighted by Gasteiger charge is -2.21. The van der Waals surface area contributed by atoms with Gasteiger partial charge in [0.1, 0.15) is 11.5 Å². The third-order valence-electron chi connectivity index (χ3n) is 6.15. The van der Waals surface area contributed by atoms with Crippen LogP contribution in [0.1, 0.15) is 27.2 Å². The number of carbonyl (C=O) groups excluding carboxylic acids is 2. The van der Waals surface area contributed by atoms with E-state index in [0.29, 0.717) is 34.8 Å². The second-order valence-electron chi connectivity index (χ2n) is 8.58. The van der Waals surface area contributed by atoms with Crippen molar-refractivity contribution in [2.24, 2.45) is 0 Å². The third-order valence-corrected chi connectivity index (χ3v) is 6.15. The minimum absolute atomic E-state index is 0.00203. The molecule has 0 unspecified atom stereocenters. The first-order chi connectivity index (χ1) is 18.4. The van der Waals surface area contributed by atoms with Gasteiger partial charge >= 0.3 is 5.97 Å². The Morgan fingerprint density at radius 2 is 1.66 bits per heavy atom. The number of nitro groups is 1. The fraction of sp³-hybridized carbons (Fsp3) is 0.0667. The monoisotopic (exact) mass is 506 g/mol. The molecule has 1 amide bonds. The van der Waals surface area contributed by atoms with Gasteiger partial charge in [0.2, 0.25) is 0 Å². The summed E-state index contributed by atoms with van der Waals surface area (Å²) in [6.07, 6.45) is 3.51. The summed E-state index contributed by atoms with van der Waals surface area (Å²) in [5.74, 6) is 0.409. The summed E-state index contributed by atoms with van der Waals surface area (Å²) in [6.45, 7) is 0.310. The van der Waals surface area contributed by atoms with Crippen molar-refractivity contribution >= 4 is 29.3 Å². The Kier molecular flexibility index (Phi) is 6.69. The summed E-state index contributed by atoms with van der Waals surface area (Å²) in [5, 5.41) is 10.9. The summed E-state index contributed by atoms with van der Waals surface area (Å²) in [5.41, 5.74) is 4.08. The van der Waals surface area contributed by atoms with Crippen molar-refractivity contribution in [1.29, 1.82) is 0 Å². The Morgan fingerprint density at radius 3 is 2.32 bits per heavy atom. The zero-order valence-corrected chi connectivity index (χ0v) is 20.4. The summed E-state index contributed by atoms with van der Waals surface area (Å²) in [6, 6.07) is 26.1.